The summed E-state index contributed by atoms with van der Waals surface area (Å²) in [6.45, 7) is 1.93. The first-order chi connectivity index (χ1) is 22.5. The molecule has 21 nitrogen and oxygen atoms in total. The van der Waals surface area contributed by atoms with Crippen LogP contribution in [0, 0.1) is 0 Å². The van der Waals surface area contributed by atoms with Gasteiger partial charge in [0.2, 0.25) is 35.4 Å². The SMILES string of the molecule is CC(O)N(O)CCC[C@@H]1NC(=O)CNC(=O)CNC(=O)CNC(=O)[C@H](CCCN(O)C(C)O)NC(=O)[C@H](CCCN(O)C(C)O)NC1=O. The zero-order chi connectivity index (χ0) is 36.4. The van der Waals surface area contributed by atoms with Crippen LogP contribution in [-0.2, 0) is 28.8 Å². The van der Waals surface area contributed by atoms with E-state index >= 15 is 0 Å². The predicted octanol–water partition coefficient (Wildman–Crippen LogP) is -4.77. The Morgan fingerprint density at radius 3 is 1.21 bits per heavy atom. The normalized spacial score (nSPS) is 22.9. The Labute approximate surface area is 277 Å². The fourth-order valence-electron chi connectivity index (χ4n) is 4.30. The highest BCUT2D eigenvalue weighted by Crippen LogP contribution is 2.08. The average Bonchev–Trinajstić information content (AvgIpc) is 3.02. The van der Waals surface area contributed by atoms with E-state index in [1.54, 1.807) is 0 Å². The van der Waals surface area contributed by atoms with Crippen molar-refractivity contribution in [3.8, 4) is 0 Å². The van der Waals surface area contributed by atoms with E-state index < -0.39 is 91.9 Å². The molecule has 1 heterocycles. The Morgan fingerprint density at radius 2 is 0.833 bits per heavy atom. The van der Waals surface area contributed by atoms with Gasteiger partial charge < -0.3 is 62.8 Å². The van der Waals surface area contributed by atoms with Crippen molar-refractivity contribution in [2.75, 3.05) is 39.3 Å². The molecule has 0 spiro atoms. The molecule has 12 N–H and O–H groups in total. The van der Waals surface area contributed by atoms with Crippen molar-refractivity contribution >= 4 is 35.4 Å². The Hall–Kier alpha value is -3.54. The third-order valence-electron chi connectivity index (χ3n) is 7.17. The first kappa shape index (κ1) is 42.5. The van der Waals surface area contributed by atoms with Crippen LogP contribution in [0.2, 0.25) is 0 Å². The second-order valence-corrected chi connectivity index (χ2v) is 11.3. The topological polar surface area (TPSA) is 306 Å². The average molecular weight is 694 g/mol. The van der Waals surface area contributed by atoms with Crippen molar-refractivity contribution in [2.45, 2.75) is 96.1 Å². The molecular formula is C27H51N9O12. The highest BCUT2D eigenvalue weighted by atomic mass is 16.5. The van der Waals surface area contributed by atoms with Gasteiger partial charge in [0.05, 0.1) is 19.6 Å². The molecule has 0 aromatic heterocycles. The van der Waals surface area contributed by atoms with Gasteiger partial charge in [0.25, 0.3) is 0 Å². The number of nitrogens with one attached hydrogen (secondary N) is 6. The summed E-state index contributed by atoms with van der Waals surface area (Å²) in [6.07, 6.45) is -3.73. The van der Waals surface area contributed by atoms with E-state index in [4.69, 9.17) is 0 Å². The predicted molar refractivity (Wildman–Crippen MR) is 163 cm³/mol. The molecule has 1 saturated heterocycles. The van der Waals surface area contributed by atoms with Crippen LogP contribution in [0.3, 0.4) is 0 Å². The first-order valence-corrected chi connectivity index (χ1v) is 15.6. The van der Waals surface area contributed by atoms with Crippen LogP contribution in [0.25, 0.3) is 0 Å². The van der Waals surface area contributed by atoms with Crippen LogP contribution < -0.4 is 31.9 Å². The molecule has 48 heavy (non-hydrogen) atoms. The summed E-state index contributed by atoms with van der Waals surface area (Å²) >= 11 is 0. The molecule has 0 aromatic carbocycles. The number of aliphatic hydroxyl groups excluding tert-OH is 3. The Bertz CT molecular complexity index is 1050. The van der Waals surface area contributed by atoms with E-state index in [0.29, 0.717) is 15.2 Å². The number of nitrogens with zero attached hydrogens (tertiary/aromatic N) is 3. The minimum Gasteiger partial charge on any atom is -0.377 e. The van der Waals surface area contributed by atoms with Crippen LogP contribution in [0.4, 0.5) is 0 Å². The van der Waals surface area contributed by atoms with Gasteiger partial charge in [-0.05, 0) is 59.3 Å². The maximum Gasteiger partial charge on any atom is 0.243 e. The third-order valence-corrected chi connectivity index (χ3v) is 7.17. The fourth-order valence-corrected chi connectivity index (χ4v) is 4.30. The Morgan fingerprint density at radius 1 is 0.521 bits per heavy atom. The lowest BCUT2D eigenvalue weighted by atomic mass is 10.1. The molecule has 6 amide bonds. The fraction of sp³-hybridized carbons (Fsp3) is 0.778. The lowest BCUT2D eigenvalue weighted by Crippen LogP contribution is -2.58. The maximum absolute atomic E-state index is 13.6. The smallest absolute Gasteiger partial charge is 0.243 e. The first-order valence-electron chi connectivity index (χ1n) is 15.6. The Balaban J connectivity index is 3.34. The molecule has 3 unspecified atom stereocenters. The quantitative estimate of drug-likeness (QED) is 0.0566. The van der Waals surface area contributed by atoms with E-state index in [9.17, 15) is 59.7 Å². The third kappa shape index (κ3) is 17.0. The summed E-state index contributed by atoms with van der Waals surface area (Å²) in [5, 5.41) is 74.3. The van der Waals surface area contributed by atoms with Crippen LogP contribution in [-0.4, -0.2) is 158 Å². The summed E-state index contributed by atoms with van der Waals surface area (Å²) in [6, 6.07) is -3.95. The van der Waals surface area contributed by atoms with Gasteiger partial charge in [-0.2, -0.15) is 15.2 Å². The molecule has 1 aliphatic rings. The van der Waals surface area contributed by atoms with Crippen molar-refractivity contribution in [1.82, 2.24) is 47.1 Å². The van der Waals surface area contributed by atoms with Crippen LogP contribution in [0.15, 0.2) is 0 Å². The molecule has 0 saturated carbocycles. The molecule has 276 valence electrons. The van der Waals surface area contributed by atoms with Gasteiger partial charge in [0.15, 0.2) is 0 Å². The van der Waals surface area contributed by atoms with Crippen LogP contribution in [0.5, 0.6) is 0 Å². The Kier molecular flexibility index (Phi) is 19.6. The summed E-state index contributed by atoms with van der Waals surface area (Å²) in [5.41, 5.74) is 0. The second kappa shape index (κ2) is 22.2. The molecule has 1 fully saturated rings. The molecule has 0 aromatic rings. The van der Waals surface area contributed by atoms with Gasteiger partial charge >= 0.3 is 0 Å². The number of aliphatic hydroxyl groups is 3. The molecule has 6 atom stereocenters. The largest absolute Gasteiger partial charge is 0.377 e. The van der Waals surface area contributed by atoms with Gasteiger partial charge in [-0.25, -0.2) is 0 Å². The molecule has 0 bridgehead atoms. The van der Waals surface area contributed by atoms with Crippen molar-refractivity contribution in [3.05, 3.63) is 0 Å². The zero-order valence-corrected chi connectivity index (χ0v) is 27.4. The molecule has 21 heteroatoms. The maximum atomic E-state index is 13.6. The van der Waals surface area contributed by atoms with Gasteiger partial charge in [0.1, 0.15) is 36.8 Å². The molecule has 1 rings (SSSR count). The minimum atomic E-state index is -1.35. The highest BCUT2D eigenvalue weighted by Gasteiger charge is 2.30. The summed E-state index contributed by atoms with van der Waals surface area (Å²) in [7, 11) is 0. The van der Waals surface area contributed by atoms with Crippen molar-refractivity contribution < 1.29 is 59.7 Å². The molecule has 1 aliphatic heterocycles. The molecular weight excluding hydrogens is 642 g/mol. The van der Waals surface area contributed by atoms with Gasteiger partial charge in [-0.1, -0.05) is 0 Å². The summed E-state index contributed by atoms with van der Waals surface area (Å²) in [5.74, 6) is -4.77. The van der Waals surface area contributed by atoms with Gasteiger partial charge in [0, 0.05) is 19.6 Å². The minimum absolute atomic E-state index is 0.0571. The van der Waals surface area contributed by atoms with Gasteiger partial charge in [-0.15, -0.1) is 0 Å². The number of rotatable bonds is 15. The van der Waals surface area contributed by atoms with E-state index in [0.717, 1.165) is 0 Å². The number of hydroxylamine groups is 6. The van der Waals surface area contributed by atoms with E-state index in [1.807, 2.05) is 0 Å². The number of carbonyl (C=O) groups excluding carboxylic acids is 6. The van der Waals surface area contributed by atoms with Gasteiger partial charge in [-0.3, -0.25) is 28.8 Å². The van der Waals surface area contributed by atoms with Crippen LogP contribution >= 0.6 is 0 Å². The number of carbonyl (C=O) groups is 6. The number of hydrogen-bond donors (Lipinski definition) is 12. The standard InChI is InChI=1S/C27H51N9O12/c1-16(37)34(46)10-4-7-19-25(43)30-14-23(41)28-13-22(40)29-15-24(42)31-20(8-5-11-35(47)17(2)38)26(44)33-21(27(45)32-19)9-6-12-36(48)18(3)39/h16-21,37-39,46-48H,4-15H2,1-3H3,(H,28,41)(H,29,40)(H,30,43)(H,31,42)(H,32,45)(H,33,44)/t16?,17?,18?,19-,20-,21-/m0/s1. The van der Waals surface area contributed by atoms with Crippen molar-refractivity contribution in [1.29, 1.82) is 0 Å². The molecule has 0 aliphatic carbocycles. The van der Waals surface area contributed by atoms with E-state index in [1.165, 1.54) is 20.8 Å². The van der Waals surface area contributed by atoms with E-state index in [-0.39, 0.29) is 58.2 Å². The summed E-state index contributed by atoms with van der Waals surface area (Å²) < 4.78 is 0. The zero-order valence-electron chi connectivity index (χ0n) is 27.4. The lowest BCUT2D eigenvalue weighted by Gasteiger charge is -2.27. The van der Waals surface area contributed by atoms with Crippen molar-refractivity contribution in [2.24, 2.45) is 0 Å². The monoisotopic (exact) mass is 693 g/mol. The molecule has 0 radical (unpaired) electrons. The second-order valence-electron chi connectivity index (χ2n) is 11.3. The number of hydrogen-bond acceptors (Lipinski definition) is 15. The highest BCUT2D eigenvalue weighted by molar-refractivity contribution is 5.96. The van der Waals surface area contributed by atoms with Crippen LogP contribution in [0.1, 0.15) is 59.3 Å². The van der Waals surface area contributed by atoms with E-state index in [2.05, 4.69) is 31.9 Å². The summed E-state index contributed by atoms with van der Waals surface area (Å²) in [4.78, 5) is 77.2. The lowest BCUT2D eigenvalue weighted by molar-refractivity contribution is -0.189. The number of amides is 6. The van der Waals surface area contributed by atoms with Crippen molar-refractivity contribution in [3.63, 3.8) is 0 Å².